The lowest BCUT2D eigenvalue weighted by Crippen LogP contribution is -2.39. The molecule has 0 spiro atoms. The molecule has 3 N–H and O–H groups in total. The molecule has 3 nitrogen and oxygen atoms in total. The average Bonchev–Trinajstić information content (AvgIpc) is 2.29. The lowest BCUT2D eigenvalue weighted by molar-refractivity contribution is 0.115. The molecule has 0 aromatic heterocycles. The molecule has 0 radical (unpaired) electrons. The van der Waals surface area contributed by atoms with Crippen LogP contribution in [0.15, 0.2) is 24.3 Å². The van der Waals surface area contributed by atoms with Crippen LogP contribution in [0.1, 0.15) is 18.6 Å². The van der Waals surface area contributed by atoms with Gasteiger partial charge in [-0.05, 0) is 17.7 Å². The first-order valence-electron chi connectivity index (χ1n) is 6.02. The van der Waals surface area contributed by atoms with Gasteiger partial charge in [-0.2, -0.15) is 11.8 Å². The number of hydrogen-bond donors (Lipinski definition) is 2. The maximum absolute atomic E-state index is 10.2. The fourth-order valence-electron chi connectivity index (χ4n) is 2.17. The summed E-state index contributed by atoms with van der Waals surface area (Å²) in [5.74, 6) is 1.16. The molecule has 1 aliphatic heterocycles. The summed E-state index contributed by atoms with van der Waals surface area (Å²) in [6, 6.07) is 7.52. The molecule has 0 bridgehead atoms. The second-order valence-electron chi connectivity index (χ2n) is 4.63. The Morgan fingerprint density at radius 1 is 1.59 bits per heavy atom. The van der Waals surface area contributed by atoms with E-state index in [2.05, 4.69) is 11.8 Å². The van der Waals surface area contributed by atoms with Crippen LogP contribution in [0, 0.1) is 0 Å². The summed E-state index contributed by atoms with van der Waals surface area (Å²) in [6.45, 7) is 5.07. The summed E-state index contributed by atoms with van der Waals surface area (Å²) in [7, 11) is 0. The number of rotatable bonds is 3. The number of thioether (sulfide) groups is 1. The number of nitrogen functional groups attached to an aromatic ring is 1. The van der Waals surface area contributed by atoms with Crippen LogP contribution in [0.5, 0.6) is 0 Å². The van der Waals surface area contributed by atoms with Gasteiger partial charge in [0.15, 0.2) is 0 Å². The quantitative estimate of drug-likeness (QED) is 0.805. The van der Waals surface area contributed by atoms with E-state index in [1.807, 2.05) is 36.0 Å². The minimum absolute atomic E-state index is 0.436. The highest BCUT2D eigenvalue weighted by Gasteiger charge is 2.19. The SMILES string of the molecule is CC1CN(CC(O)c2cccc(N)c2)CCS1. The van der Waals surface area contributed by atoms with E-state index < -0.39 is 6.10 Å². The van der Waals surface area contributed by atoms with Gasteiger partial charge in [-0.25, -0.2) is 0 Å². The zero-order valence-corrected chi connectivity index (χ0v) is 11.0. The number of nitrogens with zero attached hydrogens (tertiary/aromatic N) is 1. The first-order chi connectivity index (χ1) is 8.15. The molecule has 1 fully saturated rings. The standard InChI is InChI=1S/C13H20N2OS/c1-10-8-15(5-6-17-10)9-13(16)11-3-2-4-12(14)7-11/h2-4,7,10,13,16H,5-6,8-9,14H2,1H3. The molecule has 0 aliphatic carbocycles. The summed E-state index contributed by atoms with van der Waals surface area (Å²) in [5, 5.41) is 10.8. The van der Waals surface area contributed by atoms with Crippen molar-refractivity contribution in [2.24, 2.45) is 0 Å². The summed E-state index contributed by atoms with van der Waals surface area (Å²) in [4.78, 5) is 2.33. The maximum atomic E-state index is 10.2. The van der Waals surface area contributed by atoms with Gasteiger partial charge in [0, 0.05) is 36.3 Å². The fourth-order valence-corrected chi connectivity index (χ4v) is 3.25. The normalized spacial score (nSPS) is 23.5. The van der Waals surface area contributed by atoms with Crippen LogP contribution in [0.2, 0.25) is 0 Å². The molecule has 1 aliphatic rings. The lowest BCUT2D eigenvalue weighted by Gasteiger charge is -2.32. The molecular formula is C13H20N2OS. The predicted molar refractivity (Wildman–Crippen MR) is 74.2 cm³/mol. The van der Waals surface area contributed by atoms with Crippen LogP contribution in [0.4, 0.5) is 5.69 Å². The highest BCUT2D eigenvalue weighted by atomic mass is 32.2. The summed E-state index contributed by atoms with van der Waals surface area (Å²) < 4.78 is 0. The van der Waals surface area contributed by atoms with E-state index >= 15 is 0 Å². The van der Waals surface area contributed by atoms with Crippen LogP contribution in [-0.4, -0.2) is 40.6 Å². The van der Waals surface area contributed by atoms with Crippen LogP contribution in [0.25, 0.3) is 0 Å². The Hall–Kier alpha value is -0.710. The van der Waals surface area contributed by atoms with Gasteiger partial charge >= 0.3 is 0 Å². The zero-order valence-electron chi connectivity index (χ0n) is 10.2. The van der Waals surface area contributed by atoms with Gasteiger partial charge in [-0.15, -0.1) is 0 Å². The molecule has 2 unspecified atom stereocenters. The van der Waals surface area contributed by atoms with E-state index in [0.717, 1.165) is 24.4 Å². The van der Waals surface area contributed by atoms with Gasteiger partial charge in [0.2, 0.25) is 0 Å². The summed E-state index contributed by atoms with van der Waals surface area (Å²) in [5.41, 5.74) is 7.35. The number of aliphatic hydroxyl groups is 1. The van der Waals surface area contributed by atoms with Crippen molar-refractivity contribution in [2.75, 3.05) is 31.1 Å². The number of hydrogen-bond acceptors (Lipinski definition) is 4. The van der Waals surface area contributed by atoms with E-state index in [1.165, 1.54) is 0 Å². The van der Waals surface area contributed by atoms with Crippen molar-refractivity contribution in [3.63, 3.8) is 0 Å². The Labute approximate surface area is 107 Å². The van der Waals surface area contributed by atoms with E-state index in [1.54, 1.807) is 0 Å². The molecule has 4 heteroatoms. The van der Waals surface area contributed by atoms with E-state index in [-0.39, 0.29) is 0 Å². The van der Waals surface area contributed by atoms with Gasteiger partial charge in [0.25, 0.3) is 0 Å². The molecule has 2 rings (SSSR count). The molecule has 94 valence electrons. The van der Waals surface area contributed by atoms with Crippen molar-refractivity contribution >= 4 is 17.4 Å². The highest BCUT2D eigenvalue weighted by Crippen LogP contribution is 2.21. The molecule has 0 saturated carbocycles. The van der Waals surface area contributed by atoms with Gasteiger partial charge in [0.05, 0.1) is 6.10 Å². The third-order valence-corrected chi connectivity index (χ3v) is 4.19. The maximum Gasteiger partial charge on any atom is 0.0917 e. The molecule has 0 amide bonds. The summed E-state index contributed by atoms with van der Waals surface area (Å²) in [6.07, 6.45) is -0.436. The zero-order chi connectivity index (χ0) is 12.3. The van der Waals surface area contributed by atoms with Crippen molar-refractivity contribution in [3.8, 4) is 0 Å². The second kappa shape index (κ2) is 5.76. The Morgan fingerprint density at radius 2 is 2.41 bits per heavy atom. The van der Waals surface area contributed by atoms with E-state index in [4.69, 9.17) is 5.73 Å². The van der Waals surface area contributed by atoms with Crippen LogP contribution < -0.4 is 5.73 Å². The topological polar surface area (TPSA) is 49.5 Å². The fraction of sp³-hybridized carbons (Fsp3) is 0.538. The average molecular weight is 252 g/mol. The van der Waals surface area contributed by atoms with Gasteiger partial charge < -0.3 is 10.8 Å². The van der Waals surface area contributed by atoms with Crippen LogP contribution >= 0.6 is 11.8 Å². The van der Waals surface area contributed by atoms with Crippen molar-refractivity contribution in [3.05, 3.63) is 29.8 Å². The highest BCUT2D eigenvalue weighted by molar-refractivity contribution is 7.99. The monoisotopic (exact) mass is 252 g/mol. The molecule has 1 saturated heterocycles. The minimum atomic E-state index is -0.436. The first kappa shape index (κ1) is 12.7. The number of anilines is 1. The van der Waals surface area contributed by atoms with Crippen molar-refractivity contribution in [1.29, 1.82) is 0 Å². The number of β-amino-alcohol motifs (C(OH)–C–C–N with tert-alkyl or cyclic N) is 1. The van der Waals surface area contributed by atoms with Gasteiger partial charge in [0.1, 0.15) is 0 Å². The molecule has 1 aromatic carbocycles. The van der Waals surface area contributed by atoms with Gasteiger partial charge in [-0.3, -0.25) is 4.90 Å². The predicted octanol–water partition coefficient (Wildman–Crippen LogP) is 1.74. The molecular weight excluding hydrogens is 232 g/mol. The Morgan fingerprint density at radius 3 is 3.12 bits per heavy atom. The number of benzene rings is 1. The van der Waals surface area contributed by atoms with Crippen molar-refractivity contribution < 1.29 is 5.11 Å². The van der Waals surface area contributed by atoms with Crippen molar-refractivity contribution in [2.45, 2.75) is 18.3 Å². The first-order valence-corrected chi connectivity index (χ1v) is 7.07. The number of aliphatic hydroxyl groups excluding tert-OH is 1. The minimum Gasteiger partial charge on any atom is -0.399 e. The summed E-state index contributed by atoms with van der Waals surface area (Å²) >= 11 is 2.00. The van der Waals surface area contributed by atoms with Crippen LogP contribution in [-0.2, 0) is 0 Å². The number of nitrogens with two attached hydrogens (primary N) is 1. The molecule has 17 heavy (non-hydrogen) atoms. The van der Waals surface area contributed by atoms with Crippen LogP contribution in [0.3, 0.4) is 0 Å². The molecule has 1 aromatic rings. The molecule has 1 heterocycles. The third kappa shape index (κ3) is 3.63. The largest absolute Gasteiger partial charge is 0.399 e. The molecule has 2 atom stereocenters. The Bertz CT molecular complexity index is 372. The smallest absolute Gasteiger partial charge is 0.0917 e. The van der Waals surface area contributed by atoms with Gasteiger partial charge in [-0.1, -0.05) is 19.1 Å². The van der Waals surface area contributed by atoms with E-state index in [9.17, 15) is 5.11 Å². The Balaban J connectivity index is 1.94. The third-order valence-electron chi connectivity index (χ3n) is 3.05. The lowest BCUT2D eigenvalue weighted by atomic mass is 10.1. The van der Waals surface area contributed by atoms with E-state index in [0.29, 0.717) is 17.5 Å². The second-order valence-corrected chi connectivity index (χ2v) is 6.17. The van der Waals surface area contributed by atoms with Crippen molar-refractivity contribution in [1.82, 2.24) is 4.90 Å². The Kier molecular flexibility index (Phi) is 4.31.